The lowest BCUT2D eigenvalue weighted by Gasteiger charge is -2.07. The van der Waals surface area contributed by atoms with Gasteiger partial charge in [0.05, 0.1) is 0 Å². The first-order chi connectivity index (χ1) is 9.24. The number of unbranched alkanes of at least 4 members (excludes halogenated alkanes) is 7. The van der Waals surface area contributed by atoms with E-state index in [1.165, 1.54) is 51.4 Å². The molecule has 0 bridgehead atoms. The summed E-state index contributed by atoms with van der Waals surface area (Å²) in [5.41, 5.74) is 7.70. The number of nitrogens with two attached hydrogens (primary N) is 1. The van der Waals surface area contributed by atoms with Gasteiger partial charge in [0.15, 0.2) is 0 Å². The van der Waals surface area contributed by atoms with Gasteiger partial charge in [-0.05, 0) is 18.9 Å². The van der Waals surface area contributed by atoms with E-state index >= 15 is 0 Å². The summed E-state index contributed by atoms with van der Waals surface area (Å²) in [4.78, 5) is 4.32. The van der Waals surface area contributed by atoms with E-state index in [-0.39, 0.29) is 0 Å². The molecule has 3 heteroatoms. The van der Waals surface area contributed by atoms with Crippen LogP contribution in [0.1, 0.15) is 63.9 Å². The molecule has 0 unspecified atom stereocenters. The minimum Gasteiger partial charge on any atom is -0.398 e. The largest absolute Gasteiger partial charge is 0.398 e. The molecule has 0 spiro atoms. The van der Waals surface area contributed by atoms with Gasteiger partial charge in [-0.3, -0.25) is 0 Å². The van der Waals surface area contributed by atoms with Crippen molar-refractivity contribution < 1.29 is 0 Å². The van der Waals surface area contributed by atoms with E-state index in [0.717, 1.165) is 23.6 Å². The van der Waals surface area contributed by atoms with Crippen LogP contribution in [0.3, 0.4) is 0 Å². The first-order valence-electron chi connectivity index (χ1n) is 7.70. The summed E-state index contributed by atoms with van der Waals surface area (Å²) in [6, 6.07) is 1.92. The van der Waals surface area contributed by atoms with Gasteiger partial charge >= 0.3 is 0 Å². The molecule has 19 heavy (non-hydrogen) atoms. The van der Waals surface area contributed by atoms with E-state index in [9.17, 15) is 0 Å². The molecule has 0 aromatic carbocycles. The number of rotatable bonds is 10. The SMILES string of the molecule is CCCCCCCCCCNc1cc(N)c(C)cn1. The smallest absolute Gasteiger partial charge is 0.127 e. The van der Waals surface area contributed by atoms with Gasteiger partial charge < -0.3 is 11.1 Å². The van der Waals surface area contributed by atoms with Gasteiger partial charge in [-0.15, -0.1) is 0 Å². The summed E-state index contributed by atoms with van der Waals surface area (Å²) in [7, 11) is 0. The number of nitrogens with zero attached hydrogens (tertiary/aromatic N) is 1. The Morgan fingerprint density at radius 1 is 1.05 bits per heavy atom. The van der Waals surface area contributed by atoms with Crippen LogP contribution in [-0.2, 0) is 0 Å². The van der Waals surface area contributed by atoms with Crippen LogP contribution in [0.4, 0.5) is 11.5 Å². The molecule has 0 aliphatic carbocycles. The zero-order chi connectivity index (χ0) is 13.9. The lowest BCUT2D eigenvalue weighted by Crippen LogP contribution is -2.04. The first-order valence-corrected chi connectivity index (χ1v) is 7.70. The number of hydrogen-bond donors (Lipinski definition) is 2. The minimum absolute atomic E-state index is 0.813. The number of anilines is 2. The summed E-state index contributed by atoms with van der Waals surface area (Å²) in [5.74, 6) is 0.894. The molecule has 0 saturated carbocycles. The van der Waals surface area contributed by atoms with Crippen molar-refractivity contribution >= 4 is 11.5 Å². The number of hydrogen-bond acceptors (Lipinski definition) is 3. The average Bonchev–Trinajstić information content (AvgIpc) is 2.41. The second kappa shape index (κ2) is 9.65. The van der Waals surface area contributed by atoms with Crippen molar-refractivity contribution in [3.05, 3.63) is 17.8 Å². The Bertz CT molecular complexity index is 350. The average molecular weight is 263 g/mol. The van der Waals surface area contributed by atoms with Crippen LogP contribution in [-0.4, -0.2) is 11.5 Å². The molecule has 0 amide bonds. The third-order valence-corrected chi connectivity index (χ3v) is 3.48. The number of aromatic nitrogens is 1. The van der Waals surface area contributed by atoms with Crippen LogP contribution in [0.2, 0.25) is 0 Å². The summed E-state index contributed by atoms with van der Waals surface area (Å²) in [6.07, 6.45) is 12.6. The predicted molar refractivity (Wildman–Crippen MR) is 84.5 cm³/mol. The molecule has 108 valence electrons. The molecule has 0 aliphatic heterocycles. The molecule has 1 rings (SSSR count). The molecule has 0 saturated heterocycles. The van der Waals surface area contributed by atoms with E-state index in [1.54, 1.807) is 0 Å². The Morgan fingerprint density at radius 3 is 2.32 bits per heavy atom. The van der Waals surface area contributed by atoms with Crippen LogP contribution >= 0.6 is 0 Å². The molecule has 0 aliphatic rings. The molecule has 0 radical (unpaired) electrons. The fourth-order valence-electron chi connectivity index (χ4n) is 2.11. The molecular weight excluding hydrogens is 234 g/mol. The van der Waals surface area contributed by atoms with Crippen molar-refractivity contribution in [3.8, 4) is 0 Å². The topological polar surface area (TPSA) is 50.9 Å². The van der Waals surface area contributed by atoms with Crippen molar-refractivity contribution in [2.45, 2.75) is 65.2 Å². The van der Waals surface area contributed by atoms with Crippen LogP contribution in [0.15, 0.2) is 12.3 Å². The van der Waals surface area contributed by atoms with Gasteiger partial charge in [0.1, 0.15) is 5.82 Å². The van der Waals surface area contributed by atoms with Crippen LogP contribution < -0.4 is 11.1 Å². The quantitative estimate of drug-likeness (QED) is 0.610. The number of nitrogen functional groups attached to an aromatic ring is 1. The maximum Gasteiger partial charge on any atom is 0.127 e. The fourth-order valence-corrected chi connectivity index (χ4v) is 2.11. The van der Waals surface area contributed by atoms with Crippen LogP contribution in [0, 0.1) is 6.92 Å². The molecule has 1 aromatic heterocycles. The van der Waals surface area contributed by atoms with Crippen LogP contribution in [0.25, 0.3) is 0 Å². The van der Waals surface area contributed by atoms with E-state index in [0.29, 0.717) is 0 Å². The summed E-state index contributed by atoms with van der Waals surface area (Å²) < 4.78 is 0. The lowest BCUT2D eigenvalue weighted by molar-refractivity contribution is 0.581. The Hall–Kier alpha value is -1.25. The molecular formula is C16H29N3. The highest BCUT2D eigenvalue weighted by Gasteiger charge is 1.97. The summed E-state index contributed by atoms with van der Waals surface area (Å²) in [6.45, 7) is 5.23. The van der Waals surface area contributed by atoms with Gasteiger partial charge in [-0.25, -0.2) is 4.98 Å². The Morgan fingerprint density at radius 2 is 1.68 bits per heavy atom. The number of pyridine rings is 1. The standard InChI is InChI=1S/C16H29N3/c1-3-4-5-6-7-8-9-10-11-18-16-12-15(17)14(2)13-19-16/h12-13H,3-11H2,1-2H3,(H3,17,18,19). The highest BCUT2D eigenvalue weighted by atomic mass is 15.0. The highest BCUT2D eigenvalue weighted by Crippen LogP contribution is 2.14. The molecule has 1 aromatic rings. The Labute approximate surface area is 118 Å². The maximum absolute atomic E-state index is 5.85. The first kappa shape index (κ1) is 15.8. The van der Waals surface area contributed by atoms with E-state index in [2.05, 4.69) is 17.2 Å². The fraction of sp³-hybridized carbons (Fsp3) is 0.688. The number of aryl methyl sites for hydroxylation is 1. The van der Waals surface area contributed by atoms with Gasteiger partial charge in [-0.2, -0.15) is 0 Å². The van der Waals surface area contributed by atoms with E-state index in [4.69, 9.17) is 5.73 Å². The van der Waals surface area contributed by atoms with Gasteiger partial charge in [-0.1, -0.05) is 51.9 Å². The Kier molecular flexibility index (Phi) is 8.03. The third-order valence-electron chi connectivity index (χ3n) is 3.48. The van der Waals surface area contributed by atoms with Crippen molar-refractivity contribution in [1.82, 2.24) is 4.98 Å². The zero-order valence-electron chi connectivity index (χ0n) is 12.5. The molecule has 0 fully saturated rings. The van der Waals surface area contributed by atoms with Crippen molar-refractivity contribution in [2.24, 2.45) is 0 Å². The second-order valence-corrected chi connectivity index (χ2v) is 5.33. The van der Waals surface area contributed by atoms with Crippen molar-refractivity contribution in [2.75, 3.05) is 17.6 Å². The van der Waals surface area contributed by atoms with Gasteiger partial charge in [0.2, 0.25) is 0 Å². The second-order valence-electron chi connectivity index (χ2n) is 5.33. The van der Waals surface area contributed by atoms with E-state index in [1.807, 2.05) is 19.2 Å². The summed E-state index contributed by atoms with van der Waals surface area (Å²) in [5, 5.41) is 3.33. The van der Waals surface area contributed by atoms with E-state index < -0.39 is 0 Å². The molecule has 3 N–H and O–H groups in total. The maximum atomic E-state index is 5.85. The number of nitrogens with one attached hydrogen (secondary N) is 1. The molecule has 1 heterocycles. The lowest BCUT2D eigenvalue weighted by atomic mass is 10.1. The predicted octanol–water partition coefficient (Wildman–Crippen LogP) is 4.52. The monoisotopic (exact) mass is 263 g/mol. The normalized spacial score (nSPS) is 10.6. The van der Waals surface area contributed by atoms with Gasteiger partial charge in [0.25, 0.3) is 0 Å². The summed E-state index contributed by atoms with van der Waals surface area (Å²) >= 11 is 0. The van der Waals surface area contributed by atoms with Crippen molar-refractivity contribution in [3.63, 3.8) is 0 Å². The highest BCUT2D eigenvalue weighted by molar-refractivity contribution is 5.53. The molecule has 0 atom stereocenters. The van der Waals surface area contributed by atoms with Crippen molar-refractivity contribution in [1.29, 1.82) is 0 Å². The zero-order valence-corrected chi connectivity index (χ0v) is 12.5. The van der Waals surface area contributed by atoms with Gasteiger partial charge in [0, 0.05) is 24.5 Å². The minimum atomic E-state index is 0.813. The molecule has 3 nitrogen and oxygen atoms in total. The van der Waals surface area contributed by atoms with Crippen LogP contribution in [0.5, 0.6) is 0 Å². The third kappa shape index (κ3) is 7.04. The Balaban J connectivity index is 2.00.